The quantitative estimate of drug-likeness (QED) is 0.540. The molecule has 0 radical (unpaired) electrons. The van der Waals surface area contributed by atoms with E-state index in [1.165, 1.54) is 5.57 Å². The van der Waals surface area contributed by atoms with Crippen molar-refractivity contribution in [3.05, 3.63) is 11.1 Å². The van der Waals surface area contributed by atoms with Gasteiger partial charge in [0.2, 0.25) is 0 Å². The van der Waals surface area contributed by atoms with Gasteiger partial charge in [-0.1, -0.05) is 12.5 Å². The topological polar surface area (TPSA) is 26.3 Å². The molecule has 0 unspecified atom stereocenters. The van der Waals surface area contributed by atoms with E-state index in [9.17, 15) is 4.79 Å². The third kappa shape index (κ3) is 1.62. The second-order valence-corrected chi connectivity index (χ2v) is 3.05. The molecule has 0 aromatic rings. The van der Waals surface area contributed by atoms with Crippen molar-refractivity contribution in [2.75, 3.05) is 0 Å². The largest absolute Gasteiger partial charge is 0.459 e. The SMILES string of the molecule is CC[C@H]1CC(C)=C(C)C(=O)O1. The smallest absolute Gasteiger partial charge is 0.333 e. The van der Waals surface area contributed by atoms with E-state index in [4.69, 9.17) is 4.74 Å². The van der Waals surface area contributed by atoms with Crippen LogP contribution in [0.3, 0.4) is 0 Å². The summed E-state index contributed by atoms with van der Waals surface area (Å²) in [5.74, 6) is -0.138. The minimum absolute atomic E-state index is 0.117. The number of cyclic esters (lactones) is 1. The summed E-state index contributed by atoms with van der Waals surface area (Å²) in [4.78, 5) is 11.1. The van der Waals surface area contributed by atoms with Gasteiger partial charge in [0, 0.05) is 12.0 Å². The third-order valence-corrected chi connectivity index (χ3v) is 2.21. The number of carbonyl (C=O) groups is 1. The molecule has 2 nitrogen and oxygen atoms in total. The van der Waals surface area contributed by atoms with E-state index in [1.54, 1.807) is 0 Å². The molecule has 11 heavy (non-hydrogen) atoms. The molecule has 0 aliphatic carbocycles. The summed E-state index contributed by atoms with van der Waals surface area (Å²) in [6.45, 7) is 5.86. The van der Waals surface area contributed by atoms with Crippen molar-refractivity contribution in [1.82, 2.24) is 0 Å². The predicted molar refractivity (Wildman–Crippen MR) is 43.2 cm³/mol. The molecule has 0 spiro atoms. The molecule has 2 heteroatoms. The van der Waals surface area contributed by atoms with E-state index in [-0.39, 0.29) is 12.1 Å². The van der Waals surface area contributed by atoms with Gasteiger partial charge < -0.3 is 4.74 Å². The Balaban J connectivity index is 2.76. The van der Waals surface area contributed by atoms with Crippen LogP contribution in [0, 0.1) is 0 Å². The highest BCUT2D eigenvalue weighted by atomic mass is 16.5. The molecule has 62 valence electrons. The van der Waals surface area contributed by atoms with E-state index in [0.29, 0.717) is 0 Å². The van der Waals surface area contributed by atoms with Gasteiger partial charge in [0.25, 0.3) is 0 Å². The molecule has 0 aromatic carbocycles. The van der Waals surface area contributed by atoms with Crippen molar-refractivity contribution in [3.8, 4) is 0 Å². The summed E-state index contributed by atoms with van der Waals surface area (Å²) < 4.78 is 5.12. The Labute approximate surface area is 67.2 Å². The Hall–Kier alpha value is -0.790. The number of rotatable bonds is 1. The van der Waals surface area contributed by atoms with Crippen LogP contribution >= 0.6 is 0 Å². The molecule has 0 bridgehead atoms. The van der Waals surface area contributed by atoms with Gasteiger partial charge in [0.05, 0.1) is 0 Å². The minimum atomic E-state index is -0.138. The maximum Gasteiger partial charge on any atom is 0.333 e. The summed E-state index contributed by atoms with van der Waals surface area (Å²) >= 11 is 0. The summed E-state index contributed by atoms with van der Waals surface area (Å²) in [6.07, 6.45) is 1.94. The maximum atomic E-state index is 11.1. The summed E-state index contributed by atoms with van der Waals surface area (Å²) in [5, 5.41) is 0. The lowest BCUT2D eigenvalue weighted by Crippen LogP contribution is -2.24. The second kappa shape index (κ2) is 3.07. The van der Waals surface area contributed by atoms with Crippen molar-refractivity contribution in [2.45, 2.75) is 39.7 Å². The highest BCUT2D eigenvalue weighted by molar-refractivity contribution is 5.89. The summed E-state index contributed by atoms with van der Waals surface area (Å²) in [5.41, 5.74) is 1.96. The normalized spacial score (nSPS) is 25.4. The fourth-order valence-corrected chi connectivity index (χ4v) is 1.18. The number of carbonyl (C=O) groups excluding carboxylic acids is 1. The lowest BCUT2D eigenvalue weighted by Gasteiger charge is -2.22. The van der Waals surface area contributed by atoms with Gasteiger partial charge in [0.15, 0.2) is 0 Å². The molecule has 1 rings (SSSR count). The van der Waals surface area contributed by atoms with Crippen molar-refractivity contribution in [1.29, 1.82) is 0 Å². The average Bonchev–Trinajstić information content (AvgIpc) is 1.99. The summed E-state index contributed by atoms with van der Waals surface area (Å²) in [6, 6.07) is 0. The monoisotopic (exact) mass is 154 g/mol. The molecule has 1 aliphatic rings. The Morgan fingerprint density at radius 2 is 2.18 bits per heavy atom. The standard InChI is InChI=1S/C9H14O2/c1-4-8-5-6(2)7(3)9(10)11-8/h8H,4-5H2,1-3H3/t8-/m0/s1. The zero-order valence-corrected chi connectivity index (χ0v) is 7.31. The fourth-order valence-electron chi connectivity index (χ4n) is 1.18. The zero-order valence-electron chi connectivity index (χ0n) is 7.31. The first-order valence-corrected chi connectivity index (χ1v) is 4.02. The molecule has 0 aromatic heterocycles. The van der Waals surface area contributed by atoms with Crippen LogP contribution < -0.4 is 0 Å². The van der Waals surface area contributed by atoms with E-state index < -0.39 is 0 Å². The molecule has 0 fully saturated rings. The Morgan fingerprint density at radius 3 is 2.64 bits per heavy atom. The van der Waals surface area contributed by atoms with Gasteiger partial charge in [-0.05, 0) is 20.3 Å². The van der Waals surface area contributed by atoms with Crippen molar-refractivity contribution < 1.29 is 9.53 Å². The van der Waals surface area contributed by atoms with Crippen LogP contribution in [0.25, 0.3) is 0 Å². The Morgan fingerprint density at radius 1 is 1.55 bits per heavy atom. The molecule has 1 heterocycles. The number of ether oxygens (including phenoxy) is 1. The van der Waals surface area contributed by atoms with Crippen LogP contribution in [-0.2, 0) is 9.53 Å². The van der Waals surface area contributed by atoms with Crippen LogP contribution in [0.5, 0.6) is 0 Å². The van der Waals surface area contributed by atoms with Crippen LogP contribution in [0.2, 0.25) is 0 Å². The van der Waals surface area contributed by atoms with Crippen molar-refractivity contribution >= 4 is 5.97 Å². The van der Waals surface area contributed by atoms with Crippen LogP contribution in [0.15, 0.2) is 11.1 Å². The molecule has 1 aliphatic heterocycles. The van der Waals surface area contributed by atoms with Crippen LogP contribution in [-0.4, -0.2) is 12.1 Å². The van der Waals surface area contributed by atoms with E-state index in [1.807, 2.05) is 20.8 Å². The average molecular weight is 154 g/mol. The third-order valence-electron chi connectivity index (χ3n) is 2.21. The predicted octanol–water partition coefficient (Wildman–Crippen LogP) is 2.05. The first-order chi connectivity index (χ1) is 5.15. The highest BCUT2D eigenvalue weighted by Gasteiger charge is 2.22. The molecule has 0 saturated heterocycles. The highest BCUT2D eigenvalue weighted by Crippen LogP contribution is 2.22. The van der Waals surface area contributed by atoms with Gasteiger partial charge in [-0.3, -0.25) is 0 Å². The summed E-state index contributed by atoms with van der Waals surface area (Å²) in [7, 11) is 0. The molecular weight excluding hydrogens is 140 g/mol. The fraction of sp³-hybridized carbons (Fsp3) is 0.667. The zero-order chi connectivity index (χ0) is 8.43. The first kappa shape index (κ1) is 8.31. The maximum absolute atomic E-state index is 11.1. The first-order valence-electron chi connectivity index (χ1n) is 4.02. The lowest BCUT2D eigenvalue weighted by molar-refractivity contribution is -0.145. The minimum Gasteiger partial charge on any atom is -0.459 e. The van der Waals surface area contributed by atoms with Gasteiger partial charge in [-0.25, -0.2) is 4.79 Å². The number of hydrogen-bond donors (Lipinski definition) is 0. The molecule has 1 atom stereocenters. The van der Waals surface area contributed by atoms with Gasteiger partial charge in [0.1, 0.15) is 6.10 Å². The molecular formula is C9H14O2. The van der Waals surface area contributed by atoms with Crippen LogP contribution in [0.4, 0.5) is 0 Å². The lowest BCUT2D eigenvalue weighted by atomic mass is 10.0. The van der Waals surface area contributed by atoms with Gasteiger partial charge in [-0.15, -0.1) is 0 Å². The van der Waals surface area contributed by atoms with Crippen molar-refractivity contribution in [3.63, 3.8) is 0 Å². The van der Waals surface area contributed by atoms with E-state index in [0.717, 1.165) is 18.4 Å². The Bertz CT molecular complexity index is 204. The van der Waals surface area contributed by atoms with Gasteiger partial charge in [-0.2, -0.15) is 0 Å². The Kier molecular flexibility index (Phi) is 2.32. The molecule has 0 saturated carbocycles. The molecule has 0 N–H and O–H groups in total. The second-order valence-electron chi connectivity index (χ2n) is 3.05. The van der Waals surface area contributed by atoms with E-state index >= 15 is 0 Å². The molecule has 0 amide bonds. The van der Waals surface area contributed by atoms with Crippen molar-refractivity contribution in [2.24, 2.45) is 0 Å². The van der Waals surface area contributed by atoms with E-state index in [2.05, 4.69) is 0 Å². The van der Waals surface area contributed by atoms with Crippen LogP contribution in [0.1, 0.15) is 33.6 Å². The number of hydrogen-bond acceptors (Lipinski definition) is 2. The van der Waals surface area contributed by atoms with Gasteiger partial charge >= 0.3 is 5.97 Å². The number of esters is 1.